The van der Waals surface area contributed by atoms with Gasteiger partial charge in [0.1, 0.15) is 6.61 Å². The van der Waals surface area contributed by atoms with Gasteiger partial charge in [0.2, 0.25) is 0 Å². The third kappa shape index (κ3) is 2.01. The highest BCUT2D eigenvalue weighted by Gasteiger charge is 2.83. The molecule has 28 heavy (non-hydrogen) atoms. The highest BCUT2D eigenvalue weighted by atomic mass is 16.5. The molecule has 0 aromatic heterocycles. The summed E-state index contributed by atoms with van der Waals surface area (Å²) in [5.74, 6) is 1.70. The van der Waals surface area contributed by atoms with Crippen LogP contribution in [-0.4, -0.2) is 18.4 Å². The quantitative estimate of drug-likeness (QED) is 0.880. The Morgan fingerprint density at radius 3 is 2.64 bits per heavy atom. The molecule has 1 fully saturated rings. The van der Waals surface area contributed by atoms with Crippen molar-refractivity contribution in [2.75, 3.05) is 7.11 Å². The molecular weight excluding hydrogens is 350 g/mol. The third-order valence-electron chi connectivity index (χ3n) is 7.25. The van der Waals surface area contributed by atoms with Gasteiger partial charge in [-0.25, -0.2) is 0 Å². The first-order valence-electron chi connectivity index (χ1n) is 9.80. The molecule has 1 aliphatic heterocycles. The van der Waals surface area contributed by atoms with Gasteiger partial charge in [-0.3, -0.25) is 4.79 Å². The highest BCUT2D eigenvalue weighted by Crippen LogP contribution is 2.77. The lowest BCUT2D eigenvalue weighted by atomic mass is 9.78. The molecule has 4 heteroatoms. The number of hydrogen-bond donors (Lipinski definition) is 1. The van der Waals surface area contributed by atoms with Crippen LogP contribution in [0.4, 0.5) is 0 Å². The number of carbonyl (C=O) groups excluding carboxylic acids is 1. The Kier molecular flexibility index (Phi) is 3.57. The van der Waals surface area contributed by atoms with E-state index in [0.29, 0.717) is 13.0 Å². The number of allylic oxidation sites excluding steroid dienone is 1. The molecule has 0 radical (unpaired) electrons. The van der Waals surface area contributed by atoms with Gasteiger partial charge >= 0.3 is 0 Å². The molecule has 2 aromatic carbocycles. The van der Waals surface area contributed by atoms with Crippen molar-refractivity contribution in [1.29, 1.82) is 0 Å². The van der Waals surface area contributed by atoms with Gasteiger partial charge in [0.15, 0.2) is 17.3 Å². The summed E-state index contributed by atoms with van der Waals surface area (Å²) in [7, 11) is 1.68. The van der Waals surface area contributed by atoms with Crippen LogP contribution in [0.5, 0.6) is 11.5 Å². The van der Waals surface area contributed by atoms with Crippen molar-refractivity contribution in [3.63, 3.8) is 0 Å². The third-order valence-corrected chi connectivity index (χ3v) is 7.25. The lowest BCUT2D eigenvalue weighted by Crippen LogP contribution is -2.46. The molecule has 4 nitrogen and oxygen atoms in total. The van der Waals surface area contributed by atoms with Crippen molar-refractivity contribution in [2.45, 2.75) is 44.4 Å². The second-order valence-electron chi connectivity index (χ2n) is 8.60. The van der Waals surface area contributed by atoms with Gasteiger partial charge in [-0.05, 0) is 40.3 Å². The molecule has 0 amide bonds. The summed E-state index contributed by atoms with van der Waals surface area (Å²) < 4.78 is 11.8. The molecule has 1 N–H and O–H groups in total. The maximum Gasteiger partial charge on any atom is 0.162 e. The van der Waals surface area contributed by atoms with E-state index in [4.69, 9.17) is 9.47 Å². The van der Waals surface area contributed by atoms with Crippen LogP contribution >= 0.6 is 0 Å². The van der Waals surface area contributed by atoms with Crippen LogP contribution < -0.4 is 14.8 Å². The SMILES string of the molecule is COc1cc2c(cc1OCc1ccccc1)CN[C@]13CC(=O)C=C[C@]21C3(C)C. The Morgan fingerprint density at radius 2 is 1.89 bits per heavy atom. The summed E-state index contributed by atoms with van der Waals surface area (Å²) >= 11 is 0. The average Bonchev–Trinajstić information content (AvgIpc) is 3.16. The molecule has 3 aliphatic rings. The van der Waals surface area contributed by atoms with E-state index in [1.807, 2.05) is 18.2 Å². The number of benzene rings is 2. The van der Waals surface area contributed by atoms with Crippen molar-refractivity contribution in [3.8, 4) is 11.5 Å². The molecule has 5 rings (SSSR count). The van der Waals surface area contributed by atoms with E-state index in [2.05, 4.69) is 49.5 Å². The fourth-order valence-corrected chi connectivity index (χ4v) is 5.70. The van der Waals surface area contributed by atoms with E-state index < -0.39 is 0 Å². The fraction of sp³-hybridized carbons (Fsp3) is 0.375. The Hall–Kier alpha value is -2.59. The van der Waals surface area contributed by atoms with Crippen LogP contribution in [0.3, 0.4) is 0 Å². The molecular formula is C24H25NO3. The van der Waals surface area contributed by atoms with Gasteiger partial charge in [0.05, 0.1) is 7.11 Å². The lowest BCUT2D eigenvalue weighted by molar-refractivity contribution is -0.115. The van der Waals surface area contributed by atoms with Crippen LogP contribution in [0, 0.1) is 5.41 Å². The van der Waals surface area contributed by atoms with Gasteiger partial charge in [-0.1, -0.05) is 50.3 Å². The Labute approximate surface area is 165 Å². The number of methoxy groups -OCH3 is 1. The zero-order valence-electron chi connectivity index (χ0n) is 16.5. The summed E-state index contributed by atoms with van der Waals surface area (Å²) in [5, 5.41) is 3.71. The molecule has 0 spiro atoms. The van der Waals surface area contributed by atoms with E-state index in [1.54, 1.807) is 13.2 Å². The first-order valence-corrected chi connectivity index (χ1v) is 9.80. The second-order valence-corrected chi connectivity index (χ2v) is 8.60. The number of hydrogen-bond acceptors (Lipinski definition) is 4. The topological polar surface area (TPSA) is 47.6 Å². The van der Waals surface area contributed by atoms with Crippen molar-refractivity contribution in [1.82, 2.24) is 5.32 Å². The maximum absolute atomic E-state index is 12.2. The normalized spacial score (nSPS) is 28.8. The summed E-state index contributed by atoms with van der Waals surface area (Å²) in [6.45, 7) is 5.74. The Morgan fingerprint density at radius 1 is 1.11 bits per heavy atom. The van der Waals surface area contributed by atoms with Crippen molar-refractivity contribution < 1.29 is 14.3 Å². The van der Waals surface area contributed by atoms with E-state index in [9.17, 15) is 4.79 Å². The van der Waals surface area contributed by atoms with E-state index in [1.165, 1.54) is 11.1 Å². The molecule has 2 aromatic rings. The van der Waals surface area contributed by atoms with Crippen molar-refractivity contribution in [2.24, 2.45) is 5.41 Å². The molecule has 0 saturated heterocycles. The van der Waals surface area contributed by atoms with Crippen LogP contribution in [0.2, 0.25) is 0 Å². The number of rotatable bonds is 4. The van der Waals surface area contributed by atoms with Gasteiger partial charge < -0.3 is 14.8 Å². The van der Waals surface area contributed by atoms with Crippen molar-refractivity contribution in [3.05, 3.63) is 71.3 Å². The summed E-state index contributed by atoms with van der Waals surface area (Å²) in [6.07, 6.45) is 4.42. The van der Waals surface area contributed by atoms with Crippen molar-refractivity contribution >= 4 is 5.78 Å². The zero-order valence-corrected chi connectivity index (χ0v) is 16.5. The van der Waals surface area contributed by atoms with Crippen LogP contribution in [0.15, 0.2) is 54.6 Å². The van der Waals surface area contributed by atoms with Gasteiger partial charge in [-0.15, -0.1) is 0 Å². The van der Waals surface area contributed by atoms with Gasteiger partial charge in [0.25, 0.3) is 0 Å². The van der Waals surface area contributed by atoms with Crippen LogP contribution in [0.25, 0.3) is 0 Å². The van der Waals surface area contributed by atoms with Crippen LogP contribution in [-0.2, 0) is 23.4 Å². The lowest BCUT2D eigenvalue weighted by Gasteiger charge is -2.34. The second kappa shape index (κ2) is 5.71. The summed E-state index contributed by atoms with van der Waals surface area (Å²) in [6, 6.07) is 14.4. The molecule has 0 unspecified atom stereocenters. The molecule has 1 saturated carbocycles. The van der Waals surface area contributed by atoms with E-state index in [0.717, 1.165) is 23.6 Å². The average molecular weight is 375 g/mol. The first kappa shape index (κ1) is 17.5. The molecule has 2 atom stereocenters. The predicted molar refractivity (Wildman–Crippen MR) is 108 cm³/mol. The highest BCUT2D eigenvalue weighted by molar-refractivity contribution is 5.95. The van der Waals surface area contributed by atoms with E-state index in [-0.39, 0.29) is 22.2 Å². The number of nitrogens with one attached hydrogen (secondary N) is 1. The Bertz CT molecular complexity index is 994. The minimum atomic E-state index is -0.198. The first-order chi connectivity index (χ1) is 13.4. The Balaban J connectivity index is 1.55. The zero-order chi connectivity index (χ0) is 19.6. The standard InChI is InChI=1S/C24H25NO3/c1-22(2)23-10-9-18(26)13-24(22,23)25-14-17-11-21(20(27-3)12-19(17)23)28-15-16-7-5-4-6-8-16/h4-12,25H,13-15H2,1-3H3/t23-,24+/m1/s1. The predicted octanol–water partition coefficient (Wildman–Crippen LogP) is 3.92. The summed E-state index contributed by atoms with van der Waals surface area (Å²) in [4.78, 5) is 12.2. The fourth-order valence-electron chi connectivity index (χ4n) is 5.70. The monoisotopic (exact) mass is 375 g/mol. The van der Waals surface area contributed by atoms with E-state index >= 15 is 0 Å². The summed E-state index contributed by atoms with van der Waals surface area (Å²) in [5.41, 5.74) is 3.18. The smallest absolute Gasteiger partial charge is 0.162 e. The number of fused-ring (bicyclic) bond motifs is 1. The molecule has 144 valence electrons. The molecule has 2 aliphatic carbocycles. The number of ether oxygens (including phenoxy) is 2. The van der Waals surface area contributed by atoms with Gasteiger partial charge in [0, 0.05) is 23.9 Å². The molecule has 1 heterocycles. The minimum absolute atomic E-state index is 0.0364. The number of carbonyl (C=O) groups is 1. The molecule has 0 bridgehead atoms. The largest absolute Gasteiger partial charge is 0.493 e. The van der Waals surface area contributed by atoms with Gasteiger partial charge in [-0.2, -0.15) is 0 Å². The maximum atomic E-state index is 12.2. The number of ketones is 1. The minimum Gasteiger partial charge on any atom is -0.493 e. The van der Waals surface area contributed by atoms with Crippen LogP contribution in [0.1, 0.15) is 37.0 Å².